The van der Waals surface area contributed by atoms with E-state index in [1.807, 2.05) is 0 Å². The van der Waals surface area contributed by atoms with Crippen LogP contribution in [0.4, 0.5) is 0 Å². The Balaban J connectivity index is 1.75. The average Bonchev–Trinajstić information content (AvgIpc) is 2.84. The topological polar surface area (TPSA) is 39.1 Å². The molecule has 1 fully saturated rings. The molecule has 1 saturated carbocycles. The molecule has 0 radical (unpaired) electrons. The molecule has 102 valence electrons. The molecule has 0 aromatic carbocycles. The van der Waals surface area contributed by atoms with Crippen molar-refractivity contribution >= 4 is 0 Å². The molecule has 0 unspecified atom stereocenters. The summed E-state index contributed by atoms with van der Waals surface area (Å²) < 4.78 is 2.14. The molecule has 1 aromatic heterocycles. The Kier molecular flexibility index (Phi) is 5.20. The molecule has 1 aliphatic rings. The minimum atomic E-state index is 0.553. The molecular formula is C14H25N3O. The third-order valence-electron chi connectivity index (χ3n) is 3.38. The monoisotopic (exact) mass is 251 g/mol. The summed E-state index contributed by atoms with van der Waals surface area (Å²) in [5.41, 5.74) is 4.03. The van der Waals surface area contributed by atoms with Crippen LogP contribution in [0.25, 0.3) is 0 Å². The Hall–Kier alpha value is -0.870. The van der Waals surface area contributed by atoms with Gasteiger partial charge < -0.3 is 4.84 Å². The van der Waals surface area contributed by atoms with Crippen molar-refractivity contribution in [3.8, 4) is 0 Å². The predicted molar refractivity (Wildman–Crippen MR) is 72.0 cm³/mol. The second kappa shape index (κ2) is 6.90. The third-order valence-corrected chi connectivity index (χ3v) is 3.38. The van der Waals surface area contributed by atoms with Gasteiger partial charge in [0.15, 0.2) is 0 Å². The Labute approximate surface area is 110 Å². The number of aromatic nitrogens is 2. The van der Waals surface area contributed by atoms with E-state index in [0.29, 0.717) is 18.5 Å². The van der Waals surface area contributed by atoms with Crippen molar-refractivity contribution in [1.82, 2.24) is 15.3 Å². The van der Waals surface area contributed by atoms with Crippen molar-refractivity contribution in [3.63, 3.8) is 0 Å². The van der Waals surface area contributed by atoms with E-state index >= 15 is 0 Å². The summed E-state index contributed by atoms with van der Waals surface area (Å²) in [7, 11) is 0. The van der Waals surface area contributed by atoms with Gasteiger partial charge in [-0.2, -0.15) is 10.6 Å². The SMILES string of the molecule is CC(C)CONCc1ccn(C2CCCCC2)n1. The lowest BCUT2D eigenvalue weighted by Gasteiger charge is -2.21. The summed E-state index contributed by atoms with van der Waals surface area (Å²) in [6.07, 6.45) is 8.73. The van der Waals surface area contributed by atoms with Crippen LogP contribution in [0.1, 0.15) is 57.7 Å². The number of hydrogen-bond acceptors (Lipinski definition) is 3. The number of hydrogen-bond donors (Lipinski definition) is 1. The average molecular weight is 251 g/mol. The molecule has 0 spiro atoms. The zero-order chi connectivity index (χ0) is 12.8. The normalized spacial score (nSPS) is 17.5. The van der Waals surface area contributed by atoms with Crippen LogP contribution >= 0.6 is 0 Å². The summed E-state index contributed by atoms with van der Waals surface area (Å²) in [5, 5.41) is 4.62. The van der Waals surface area contributed by atoms with Crippen molar-refractivity contribution in [2.75, 3.05) is 6.61 Å². The molecule has 1 heterocycles. The summed E-state index contributed by atoms with van der Waals surface area (Å²) >= 11 is 0. The minimum Gasteiger partial charge on any atom is -0.301 e. The van der Waals surface area contributed by atoms with Crippen molar-refractivity contribution in [3.05, 3.63) is 18.0 Å². The van der Waals surface area contributed by atoms with Crippen LogP contribution in [0.3, 0.4) is 0 Å². The maximum Gasteiger partial charge on any atom is 0.0786 e. The lowest BCUT2D eigenvalue weighted by atomic mass is 9.96. The second-order valence-electron chi connectivity index (χ2n) is 5.60. The maximum atomic E-state index is 5.35. The van der Waals surface area contributed by atoms with E-state index in [-0.39, 0.29) is 0 Å². The lowest BCUT2D eigenvalue weighted by molar-refractivity contribution is 0.0189. The zero-order valence-corrected chi connectivity index (χ0v) is 11.6. The highest BCUT2D eigenvalue weighted by Gasteiger charge is 2.15. The van der Waals surface area contributed by atoms with Crippen LogP contribution in [-0.4, -0.2) is 16.4 Å². The van der Waals surface area contributed by atoms with Gasteiger partial charge in [-0.05, 0) is 24.8 Å². The molecule has 1 N–H and O–H groups in total. The predicted octanol–water partition coefficient (Wildman–Crippen LogP) is 3.07. The van der Waals surface area contributed by atoms with Crippen LogP contribution in [0.15, 0.2) is 12.3 Å². The van der Waals surface area contributed by atoms with Crippen molar-refractivity contribution in [2.24, 2.45) is 5.92 Å². The first-order valence-electron chi connectivity index (χ1n) is 7.14. The zero-order valence-electron chi connectivity index (χ0n) is 11.6. The maximum absolute atomic E-state index is 5.35. The van der Waals surface area contributed by atoms with E-state index in [4.69, 9.17) is 4.84 Å². The fourth-order valence-electron chi connectivity index (χ4n) is 2.37. The largest absolute Gasteiger partial charge is 0.301 e. The molecular weight excluding hydrogens is 226 g/mol. The molecule has 0 saturated heterocycles. The van der Waals surface area contributed by atoms with Crippen LogP contribution in [0, 0.1) is 5.92 Å². The van der Waals surface area contributed by atoms with Gasteiger partial charge in [0.05, 0.1) is 24.9 Å². The van der Waals surface area contributed by atoms with Gasteiger partial charge in [-0.3, -0.25) is 4.68 Å². The number of nitrogens with one attached hydrogen (secondary N) is 1. The van der Waals surface area contributed by atoms with Crippen LogP contribution in [0.2, 0.25) is 0 Å². The third kappa shape index (κ3) is 4.10. The van der Waals surface area contributed by atoms with E-state index < -0.39 is 0 Å². The van der Waals surface area contributed by atoms with Crippen molar-refractivity contribution < 1.29 is 4.84 Å². The van der Waals surface area contributed by atoms with E-state index in [0.717, 1.165) is 12.3 Å². The lowest BCUT2D eigenvalue weighted by Crippen LogP contribution is -2.18. The fourth-order valence-corrected chi connectivity index (χ4v) is 2.37. The molecule has 4 heteroatoms. The second-order valence-corrected chi connectivity index (χ2v) is 5.60. The van der Waals surface area contributed by atoms with E-state index in [1.54, 1.807) is 0 Å². The summed E-state index contributed by atoms with van der Waals surface area (Å²) in [6, 6.07) is 2.70. The molecule has 1 aliphatic carbocycles. The molecule has 1 aromatic rings. The molecule has 4 nitrogen and oxygen atoms in total. The van der Waals surface area contributed by atoms with Crippen LogP contribution < -0.4 is 5.48 Å². The smallest absolute Gasteiger partial charge is 0.0786 e. The number of hydroxylamine groups is 1. The summed E-state index contributed by atoms with van der Waals surface area (Å²) in [5.74, 6) is 0.553. The van der Waals surface area contributed by atoms with Gasteiger partial charge in [-0.15, -0.1) is 0 Å². The number of nitrogens with zero attached hydrogens (tertiary/aromatic N) is 2. The standard InChI is InChI=1S/C14H25N3O/c1-12(2)11-18-15-10-13-8-9-17(16-13)14-6-4-3-5-7-14/h8-9,12,14-15H,3-7,10-11H2,1-2H3. The quantitative estimate of drug-likeness (QED) is 0.624. The van der Waals surface area contributed by atoms with Crippen molar-refractivity contribution in [2.45, 2.75) is 58.5 Å². The Morgan fingerprint density at radius 2 is 2.17 bits per heavy atom. The first-order valence-corrected chi connectivity index (χ1v) is 7.14. The molecule has 18 heavy (non-hydrogen) atoms. The highest BCUT2D eigenvalue weighted by molar-refractivity contribution is 4.99. The van der Waals surface area contributed by atoms with Gasteiger partial charge in [0.1, 0.15) is 0 Å². The van der Waals surface area contributed by atoms with Crippen molar-refractivity contribution in [1.29, 1.82) is 0 Å². The fraction of sp³-hybridized carbons (Fsp3) is 0.786. The Morgan fingerprint density at radius 3 is 2.89 bits per heavy atom. The first kappa shape index (κ1) is 13.6. The first-order chi connectivity index (χ1) is 8.75. The highest BCUT2D eigenvalue weighted by Crippen LogP contribution is 2.27. The summed E-state index contributed by atoms with van der Waals surface area (Å²) in [6.45, 7) is 5.70. The van der Waals surface area contributed by atoms with Crippen LogP contribution in [0.5, 0.6) is 0 Å². The van der Waals surface area contributed by atoms with E-state index in [1.165, 1.54) is 32.1 Å². The van der Waals surface area contributed by atoms with Crippen LogP contribution in [-0.2, 0) is 11.4 Å². The van der Waals surface area contributed by atoms with Gasteiger partial charge in [-0.1, -0.05) is 33.1 Å². The van der Waals surface area contributed by atoms with Gasteiger partial charge in [0, 0.05) is 6.20 Å². The molecule has 0 amide bonds. The molecule has 0 aliphatic heterocycles. The van der Waals surface area contributed by atoms with E-state index in [9.17, 15) is 0 Å². The van der Waals surface area contributed by atoms with Gasteiger partial charge >= 0.3 is 0 Å². The molecule has 0 bridgehead atoms. The van der Waals surface area contributed by atoms with Gasteiger partial charge in [-0.25, -0.2) is 0 Å². The molecule has 0 atom stereocenters. The van der Waals surface area contributed by atoms with Gasteiger partial charge in [0.2, 0.25) is 0 Å². The Morgan fingerprint density at radius 1 is 1.39 bits per heavy atom. The summed E-state index contributed by atoms with van der Waals surface area (Å²) in [4.78, 5) is 5.35. The number of rotatable bonds is 6. The molecule has 2 rings (SSSR count). The highest BCUT2D eigenvalue weighted by atomic mass is 16.6. The Bertz CT molecular complexity index is 343. The van der Waals surface area contributed by atoms with E-state index in [2.05, 4.69) is 41.4 Å². The van der Waals surface area contributed by atoms with Gasteiger partial charge in [0.25, 0.3) is 0 Å². The minimum absolute atomic E-state index is 0.553.